The van der Waals surface area contributed by atoms with Gasteiger partial charge in [-0.25, -0.2) is 4.39 Å². The predicted octanol–water partition coefficient (Wildman–Crippen LogP) is 5.47. The zero-order chi connectivity index (χ0) is 31.1. The van der Waals surface area contributed by atoms with Gasteiger partial charge in [0.1, 0.15) is 0 Å². The number of hydrogen-bond donors (Lipinski definition) is 3. The molecule has 0 bridgehead atoms. The van der Waals surface area contributed by atoms with Crippen LogP contribution < -0.4 is 30.2 Å². The fraction of sp³-hybridized carbons (Fsp3) is 0.324. The van der Waals surface area contributed by atoms with E-state index in [4.69, 9.17) is 14.2 Å². The lowest BCUT2D eigenvalue weighted by Crippen LogP contribution is -2.36. The fourth-order valence-corrected chi connectivity index (χ4v) is 5.23. The summed E-state index contributed by atoms with van der Waals surface area (Å²) < 4.78 is 33.3. The molecule has 0 radical (unpaired) electrons. The molecule has 9 nitrogen and oxygen atoms in total. The number of nitrogens with one attached hydrogen (secondary N) is 3. The summed E-state index contributed by atoms with van der Waals surface area (Å²) in [4.78, 5) is 29.3. The Morgan fingerprint density at radius 1 is 1.00 bits per heavy atom. The minimum absolute atomic E-state index is 0.0973. The Morgan fingerprint density at radius 3 is 2.59 bits per heavy atom. The number of rotatable bonds is 10. The first-order valence-corrected chi connectivity index (χ1v) is 14.7. The molecule has 0 atom stereocenters. The summed E-state index contributed by atoms with van der Waals surface area (Å²) in [5.41, 5.74) is 4.06. The number of hydrogen-bond acceptors (Lipinski definition) is 7. The smallest absolute Gasteiger partial charge is 0.313 e. The van der Waals surface area contributed by atoms with Gasteiger partial charge >= 0.3 is 11.8 Å². The summed E-state index contributed by atoms with van der Waals surface area (Å²) in [5, 5.41) is 9.03. The molecule has 1 aromatic heterocycles. The molecule has 10 heteroatoms. The molecule has 1 aliphatic heterocycles. The molecule has 1 aliphatic rings. The Bertz CT molecular complexity index is 1650. The Balaban J connectivity index is 1.27. The van der Waals surface area contributed by atoms with Crippen LogP contribution in [0.25, 0.3) is 10.9 Å². The minimum atomic E-state index is -0.892. The van der Waals surface area contributed by atoms with Crippen molar-refractivity contribution in [3.63, 3.8) is 0 Å². The second kappa shape index (κ2) is 14.2. The van der Waals surface area contributed by atoms with E-state index in [1.54, 1.807) is 18.3 Å². The molecule has 0 spiro atoms. The fourth-order valence-electron chi connectivity index (χ4n) is 5.23. The molecule has 0 unspecified atom stereocenters. The molecule has 230 valence electrons. The second-order valence-corrected chi connectivity index (χ2v) is 10.9. The zero-order valence-electron chi connectivity index (χ0n) is 25.2. The molecule has 5 rings (SSSR count). The lowest BCUT2D eigenvalue weighted by Gasteiger charge is -2.24. The molecule has 3 aromatic carbocycles. The van der Waals surface area contributed by atoms with Crippen molar-refractivity contribution in [2.45, 2.75) is 33.1 Å². The third kappa shape index (κ3) is 7.44. The van der Waals surface area contributed by atoms with Crippen LogP contribution in [0.2, 0.25) is 0 Å². The maximum atomic E-state index is 15.3. The van der Waals surface area contributed by atoms with Crippen LogP contribution in [0.3, 0.4) is 0 Å². The lowest BCUT2D eigenvalue weighted by molar-refractivity contribution is -0.136. The number of nitrogens with zero attached hydrogens (tertiary/aromatic N) is 1. The highest BCUT2D eigenvalue weighted by molar-refractivity contribution is 6.39. The van der Waals surface area contributed by atoms with Gasteiger partial charge in [-0.15, -0.1) is 0 Å². The molecule has 2 heterocycles. The van der Waals surface area contributed by atoms with Gasteiger partial charge in [-0.1, -0.05) is 23.8 Å². The van der Waals surface area contributed by atoms with Gasteiger partial charge in [0, 0.05) is 35.9 Å². The normalized spacial score (nSPS) is 13.4. The summed E-state index contributed by atoms with van der Waals surface area (Å²) in [6.07, 6.45) is 4.28. The number of amides is 2. The maximum Gasteiger partial charge on any atom is 0.313 e. The third-order valence-corrected chi connectivity index (χ3v) is 7.71. The highest BCUT2D eigenvalue weighted by atomic mass is 19.1. The molecule has 44 heavy (non-hydrogen) atoms. The molecule has 0 saturated carbocycles. The lowest BCUT2D eigenvalue weighted by atomic mass is 9.99. The highest BCUT2D eigenvalue weighted by Crippen LogP contribution is 2.45. The number of aromatic nitrogens is 1. The molecular formula is C34H37FN4O5. The van der Waals surface area contributed by atoms with E-state index in [-0.39, 0.29) is 17.2 Å². The van der Waals surface area contributed by atoms with Gasteiger partial charge in [0.25, 0.3) is 0 Å². The number of halogens is 1. The van der Waals surface area contributed by atoms with Gasteiger partial charge in [-0.2, -0.15) is 0 Å². The minimum Gasteiger partial charge on any atom is -0.490 e. The van der Waals surface area contributed by atoms with Gasteiger partial charge in [-0.05, 0) is 87.5 Å². The van der Waals surface area contributed by atoms with Crippen LogP contribution in [0.15, 0.2) is 60.8 Å². The Labute approximate surface area is 256 Å². The predicted molar refractivity (Wildman–Crippen MR) is 167 cm³/mol. The van der Waals surface area contributed by atoms with E-state index in [1.165, 1.54) is 19.2 Å². The summed E-state index contributed by atoms with van der Waals surface area (Å²) in [6.45, 7) is 6.71. The van der Waals surface area contributed by atoms with Crippen molar-refractivity contribution in [2.24, 2.45) is 5.92 Å². The number of aryl methyl sites for hydroxylation is 2. The first-order valence-electron chi connectivity index (χ1n) is 14.7. The number of pyridine rings is 1. The van der Waals surface area contributed by atoms with Crippen LogP contribution in [0.1, 0.15) is 29.5 Å². The monoisotopic (exact) mass is 600 g/mol. The average Bonchev–Trinajstić information content (AvgIpc) is 3.03. The Kier molecular flexibility index (Phi) is 9.91. The van der Waals surface area contributed by atoms with E-state index in [0.717, 1.165) is 48.7 Å². The standard InChI is InChI=1S/C34H37FN4O5/c1-21-6-7-22(2)24(17-21)12-16-38-33(40)34(41)39-25-8-9-29(27(35)18-25)44-31-26-5-4-13-37-28(26)19-30(32(31)42-3)43-20-23-10-14-36-15-11-23/h4-9,13,17-19,23,36H,10-12,14-16,20H2,1-3H3,(H,38,40)(H,39,41). The van der Waals surface area contributed by atoms with E-state index in [0.29, 0.717) is 47.9 Å². The van der Waals surface area contributed by atoms with Crippen molar-refractivity contribution in [3.05, 3.63) is 83.3 Å². The number of fused-ring (bicyclic) bond motifs is 1. The van der Waals surface area contributed by atoms with Crippen molar-refractivity contribution in [1.29, 1.82) is 0 Å². The summed E-state index contributed by atoms with van der Waals surface area (Å²) in [6, 6.07) is 15.4. The number of benzene rings is 3. The number of methoxy groups -OCH3 is 1. The van der Waals surface area contributed by atoms with E-state index < -0.39 is 17.6 Å². The summed E-state index contributed by atoms with van der Waals surface area (Å²) in [7, 11) is 1.50. The van der Waals surface area contributed by atoms with Gasteiger partial charge in [-0.3, -0.25) is 14.6 Å². The van der Waals surface area contributed by atoms with Gasteiger partial charge in [0.2, 0.25) is 5.75 Å². The largest absolute Gasteiger partial charge is 0.490 e. The number of carbonyl (C=O) groups excluding carboxylic acids is 2. The van der Waals surface area contributed by atoms with Crippen LogP contribution in [-0.4, -0.2) is 50.1 Å². The van der Waals surface area contributed by atoms with Crippen LogP contribution >= 0.6 is 0 Å². The van der Waals surface area contributed by atoms with E-state index >= 15 is 4.39 Å². The SMILES string of the molecule is COc1c(OCC2CCNCC2)cc2ncccc2c1Oc1ccc(NC(=O)C(=O)NCCc2cc(C)ccc2C)cc1F. The zero-order valence-corrected chi connectivity index (χ0v) is 25.2. The van der Waals surface area contributed by atoms with Crippen LogP contribution in [-0.2, 0) is 16.0 Å². The molecule has 1 fully saturated rings. The van der Waals surface area contributed by atoms with Crippen molar-refractivity contribution < 1.29 is 28.2 Å². The second-order valence-electron chi connectivity index (χ2n) is 10.9. The van der Waals surface area contributed by atoms with E-state index in [2.05, 4.69) is 27.0 Å². The van der Waals surface area contributed by atoms with Crippen LogP contribution in [0.4, 0.5) is 10.1 Å². The molecule has 4 aromatic rings. The summed E-state index contributed by atoms with van der Waals surface area (Å²) in [5.74, 6) is -1.08. The van der Waals surface area contributed by atoms with Crippen LogP contribution in [0.5, 0.6) is 23.0 Å². The van der Waals surface area contributed by atoms with E-state index in [1.807, 2.05) is 32.0 Å². The summed E-state index contributed by atoms with van der Waals surface area (Å²) >= 11 is 0. The first-order chi connectivity index (χ1) is 21.3. The number of ether oxygens (including phenoxy) is 3. The van der Waals surface area contributed by atoms with Crippen molar-refractivity contribution >= 4 is 28.4 Å². The number of piperidine rings is 1. The van der Waals surface area contributed by atoms with Crippen molar-refractivity contribution in [2.75, 3.05) is 38.7 Å². The maximum absolute atomic E-state index is 15.3. The number of carbonyl (C=O) groups is 2. The van der Waals surface area contributed by atoms with Gasteiger partial charge in [0.15, 0.2) is 23.1 Å². The quantitative estimate of drug-likeness (QED) is 0.207. The molecular weight excluding hydrogens is 563 g/mol. The molecule has 1 saturated heterocycles. The Morgan fingerprint density at radius 2 is 1.82 bits per heavy atom. The van der Waals surface area contributed by atoms with Crippen molar-refractivity contribution in [1.82, 2.24) is 15.6 Å². The first kappa shape index (κ1) is 30.7. The van der Waals surface area contributed by atoms with Crippen molar-refractivity contribution in [3.8, 4) is 23.0 Å². The van der Waals surface area contributed by atoms with Crippen LogP contribution in [0, 0.1) is 25.6 Å². The molecule has 0 aliphatic carbocycles. The highest BCUT2D eigenvalue weighted by Gasteiger charge is 2.22. The van der Waals surface area contributed by atoms with E-state index in [9.17, 15) is 9.59 Å². The van der Waals surface area contributed by atoms with Gasteiger partial charge < -0.3 is 30.2 Å². The number of anilines is 1. The molecule has 2 amide bonds. The van der Waals surface area contributed by atoms with Gasteiger partial charge in [0.05, 0.1) is 19.2 Å². The molecule has 3 N–H and O–H groups in total. The topological polar surface area (TPSA) is 111 Å². The average molecular weight is 601 g/mol. The third-order valence-electron chi connectivity index (χ3n) is 7.71. The Hall–Kier alpha value is -4.70.